The van der Waals surface area contributed by atoms with Crippen molar-refractivity contribution in [3.8, 4) is 0 Å². The molecule has 1 radical (unpaired) electrons. The molecule has 0 spiro atoms. The number of carbonyl (C=O) groups excluding carboxylic acids is 2. The average molecular weight is 245 g/mol. The van der Waals surface area contributed by atoms with Gasteiger partial charge in [0.15, 0.2) is 0 Å². The van der Waals surface area contributed by atoms with E-state index in [1.165, 1.54) is 0 Å². The van der Waals surface area contributed by atoms with Crippen molar-refractivity contribution >= 4 is 12.2 Å². The summed E-state index contributed by atoms with van der Waals surface area (Å²) in [5.74, 6) is 0. The second kappa shape index (κ2) is 5.72. The van der Waals surface area contributed by atoms with Gasteiger partial charge in [0.25, 0.3) is 0 Å². The van der Waals surface area contributed by atoms with Crippen LogP contribution in [0.2, 0.25) is 0 Å². The number of isocyanates is 2. The highest BCUT2D eigenvalue weighted by atomic mass is 16.1. The second-order valence-electron chi connectivity index (χ2n) is 4.54. The summed E-state index contributed by atoms with van der Waals surface area (Å²) in [6.07, 6.45) is 6.61. The summed E-state index contributed by atoms with van der Waals surface area (Å²) < 4.78 is 0. The van der Waals surface area contributed by atoms with Gasteiger partial charge < -0.3 is 0 Å². The molecule has 4 nitrogen and oxygen atoms in total. The van der Waals surface area contributed by atoms with Crippen LogP contribution in [0.3, 0.4) is 0 Å². The summed E-state index contributed by atoms with van der Waals surface area (Å²) in [5.41, 5.74) is 1.78. The Kier molecular flexibility index (Phi) is 4.55. The fraction of sp³-hybridized carbons (Fsp3) is 0.500. The molecule has 1 rings (SSSR count). The van der Waals surface area contributed by atoms with Gasteiger partial charge in [-0.15, -0.1) is 0 Å². The maximum atomic E-state index is 10.6. The molecule has 0 saturated heterocycles. The van der Waals surface area contributed by atoms with Crippen molar-refractivity contribution in [2.45, 2.75) is 39.7 Å². The first-order valence-corrected chi connectivity index (χ1v) is 5.97. The standard InChI is InChI=1S/C14H17N2O2/c1-5-10-7-11(6-2)13(16-9-18)14(3,4)12(10)15-8-17/h7,12H,3,5-6H2,1-2,4H3. The molecule has 4 heteroatoms. The number of hydrogen-bond donors (Lipinski definition) is 0. The van der Waals surface area contributed by atoms with Crippen molar-refractivity contribution in [2.75, 3.05) is 0 Å². The van der Waals surface area contributed by atoms with E-state index >= 15 is 0 Å². The summed E-state index contributed by atoms with van der Waals surface area (Å²) in [6, 6.07) is -0.414. The third-order valence-corrected chi connectivity index (χ3v) is 3.29. The van der Waals surface area contributed by atoms with Crippen LogP contribution in [0.1, 0.15) is 33.6 Å². The van der Waals surface area contributed by atoms with Crippen molar-refractivity contribution in [2.24, 2.45) is 15.4 Å². The van der Waals surface area contributed by atoms with Crippen molar-refractivity contribution in [3.63, 3.8) is 0 Å². The van der Waals surface area contributed by atoms with E-state index in [0.717, 1.165) is 24.0 Å². The highest BCUT2D eigenvalue weighted by Crippen LogP contribution is 2.43. The van der Waals surface area contributed by atoms with Gasteiger partial charge in [-0.3, -0.25) is 0 Å². The monoisotopic (exact) mass is 245 g/mol. The Balaban J connectivity index is 3.50. The van der Waals surface area contributed by atoms with Gasteiger partial charge in [-0.2, -0.15) is 9.98 Å². The lowest BCUT2D eigenvalue weighted by Crippen LogP contribution is -2.34. The molecule has 0 heterocycles. The molecule has 0 N–H and O–H groups in total. The van der Waals surface area contributed by atoms with Gasteiger partial charge >= 0.3 is 0 Å². The Morgan fingerprint density at radius 1 is 1.33 bits per heavy atom. The highest BCUT2D eigenvalue weighted by molar-refractivity contribution is 5.49. The van der Waals surface area contributed by atoms with Crippen LogP contribution in [0.25, 0.3) is 0 Å². The van der Waals surface area contributed by atoms with E-state index in [4.69, 9.17) is 0 Å². The predicted molar refractivity (Wildman–Crippen MR) is 69.2 cm³/mol. The van der Waals surface area contributed by atoms with E-state index in [0.29, 0.717) is 5.70 Å². The summed E-state index contributed by atoms with van der Waals surface area (Å²) in [5, 5.41) is 0. The Morgan fingerprint density at radius 2 is 2.00 bits per heavy atom. The lowest BCUT2D eigenvalue weighted by molar-refractivity contribution is 0.410. The minimum absolute atomic E-state index is 0.414. The molecule has 2 unspecified atom stereocenters. The Morgan fingerprint density at radius 3 is 2.44 bits per heavy atom. The zero-order valence-electron chi connectivity index (χ0n) is 11.0. The molecular formula is C14H17N2O2. The molecule has 0 saturated carbocycles. The van der Waals surface area contributed by atoms with Crippen molar-refractivity contribution in [1.82, 2.24) is 0 Å². The Labute approximate surface area is 107 Å². The fourth-order valence-corrected chi connectivity index (χ4v) is 2.36. The molecule has 95 valence electrons. The number of rotatable bonds is 4. The molecule has 0 fully saturated rings. The van der Waals surface area contributed by atoms with E-state index in [2.05, 4.69) is 16.9 Å². The van der Waals surface area contributed by atoms with E-state index in [9.17, 15) is 9.59 Å². The summed E-state index contributed by atoms with van der Waals surface area (Å²) in [7, 11) is 0. The zero-order valence-corrected chi connectivity index (χ0v) is 11.0. The van der Waals surface area contributed by atoms with Crippen LogP contribution in [0.15, 0.2) is 32.9 Å². The van der Waals surface area contributed by atoms with Crippen LogP contribution in [-0.4, -0.2) is 18.2 Å². The molecule has 1 aliphatic carbocycles. The number of allylic oxidation sites excluding steroid dienone is 2. The van der Waals surface area contributed by atoms with Crippen LogP contribution in [0.5, 0.6) is 0 Å². The largest absolute Gasteiger partial charge is 0.240 e. The minimum atomic E-state index is -0.736. The fourth-order valence-electron chi connectivity index (χ4n) is 2.36. The smallest absolute Gasteiger partial charge is 0.211 e. The molecule has 0 amide bonds. The Bertz CT molecular complexity index is 488. The van der Waals surface area contributed by atoms with Crippen LogP contribution in [0.4, 0.5) is 0 Å². The van der Waals surface area contributed by atoms with Crippen molar-refractivity contribution in [1.29, 1.82) is 0 Å². The maximum absolute atomic E-state index is 10.6. The molecular weight excluding hydrogens is 228 g/mol. The molecule has 0 bridgehead atoms. The molecule has 0 aromatic rings. The third kappa shape index (κ3) is 2.40. The maximum Gasteiger partial charge on any atom is 0.240 e. The topological polar surface area (TPSA) is 58.9 Å². The first-order chi connectivity index (χ1) is 8.52. The molecule has 0 aromatic heterocycles. The third-order valence-electron chi connectivity index (χ3n) is 3.29. The van der Waals surface area contributed by atoms with Crippen LogP contribution >= 0.6 is 0 Å². The van der Waals surface area contributed by atoms with Gasteiger partial charge in [0, 0.05) is 5.41 Å². The first-order valence-electron chi connectivity index (χ1n) is 5.97. The van der Waals surface area contributed by atoms with Gasteiger partial charge in [-0.25, -0.2) is 9.59 Å². The molecule has 0 aromatic carbocycles. The second-order valence-corrected chi connectivity index (χ2v) is 4.54. The van der Waals surface area contributed by atoms with Gasteiger partial charge in [-0.1, -0.05) is 26.8 Å². The van der Waals surface area contributed by atoms with Gasteiger partial charge in [0.05, 0.1) is 11.7 Å². The molecule has 2 atom stereocenters. The van der Waals surface area contributed by atoms with Gasteiger partial charge in [0.2, 0.25) is 12.2 Å². The SMILES string of the molecule is [CH2]C1(C)C(N=C=O)=C(CC)C=C(CC)C1N=C=O. The normalized spacial score (nSPS) is 21.8. The summed E-state index contributed by atoms with van der Waals surface area (Å²) in [6.45, 7) is 9.89. The summed E-state index contributed by atoms with van der Waals surface area (Å²) >= 11 is 0. The average Bonchev–Trinajstić information content (AvgIpc) is 2.35. The van der Waals surface area contributed by atoms with Crippen LogP contribution < -0.4 is 0 Å². The van der Waals surface area contributed by atoms with E-state index in [1.54, 1.807) is 12.2 Å². The first kappa shape index (κ1) is 14.3. The van der Waals surface area contributed by atoms with Crippen molar-refractivity contribution in [3.05, 3.63) is 29.8 Å². The Hall–Kier alpha value is -1.76. The number of nitrogens with zero attached hydrogens (tertiary/aromatic N) is 2. The zero-order chi connectivity index (χ0) is 13.8. The molecule has 0 aliphatic heterocycles. The quantitative estimate of drug-likeness (QED) is 0.564. The van der Waals surface area contributed by atoms with Crippen LogP contribution in [0, 0.1) is 12.3 Å². The highest BCUT2D eigenvalue weighted by Gasteiger charge is 2.39. The number of hydrogen-bond acceptors (Lipinski definition) is 4. The van der Waals surface area contributed by atoms with Gasteiger partial charge in [-0.05, 0) is 30.9 Å². The van der Waals surface area contributed by atoms with E-state index < -0.39 is 11.5 Å². The summed E-state index contributed by atoms with van der Waals surface area (Å²) in [4.78, 5) is 28.7. The lowest BCUT2D eigenvalue weighted by atomic mass is 9.71. The van der Waals surface area contributed by atoms with E-state index in [-0.39, 0.29) is 0 Å². The number of aliphatic imine (C=N–C) groups is 2. The van der Waals surface area contributed by atoms with Gasteiger partial charge in [0.1, 0.15) is 0 Å². The predicted octanol–water partition coefficient (Wildman–Crippen LogP) is 2.88. The van der Waals surface area contributed by atoms with Crippen molar-refractivity contribution < 1.29 is 9.59 Å². The molecule has 18 heavy (non-hydrogen) atoms. The van der Waals surface area contributed by atoms with E-state index in [1.807, 2.05) is 26.8 Å². The molecule has 1 aliphatic rings. The minimum Gasteiger partial charge on any atom is -0.211 e. The van der Waals surface area contributed by atoms with Crippen LogP contribution in [-0.2, 0) is 9.59 Å². The lowest BCUT2D eigenvalue weighted by Gasteiger charge is -2.36.